The van der Waals surface area contributed by atoms with E-state index in [0.29, 0.717) is 18.5 Å². The molecule has 2 heterocycles. The fraction of sp³-hybridized carbons (Fsp3) is 0.800. The van der Waals surface area contributed by atoms with Crippen LogP contribution in [0.1, 0.15) is 37.3 Å². The van der Waals surface area contributed by atoms with Crippen molar-refractivity contribution in [3.8, 4) is 0 Å². The SMILES string of the molecule is Cc1nnc(CN=C(NCC2CCOCC2)NC2CC2)n1C.I. The first-order valence-electron chi connectivity index (χ1n) is 8.20. The predicted octanol–water partition coefficient (Wildman–Crippen LogP) is 1.37. The summed E-state index contributed by atoms with van der Waals surface area (Å²) in [5, 5.41) is 15.2. The Morgan fingerprint density at radius 2 is 2.00 bits per heavy atom. The highest BCUT2D eigenvalue weighted by molar-refractivity contribution is 14.0. The molecule has 0 bridgehead atoms. The van der Waals surface area contributed by atoms with E-state index >= 15 is 0 Å². The summed E-state index contributed by atoms with van der Waals surface area (Å²) >= 11 is 0. The first-order chi connectivity index (χ1) is 10.7. The Morgan fingerprint density at radius 3 is 2.61 bits per heavy atom. The Labute approximate surface area is 154 Å². The van der Waals surface area contributed by atoms with Crippen LogP contribution in [0, 0.1) is 12.8 Å². The van der Waals surface area contributed by atoms with Crippen LogP contribution < -0.4 is 10.6 Å². The highest BCUT2D eigenvalue weighted by Crippen LogP contribution is 2.18. The van der Waals surface area contributed by atoms with Gasteiger partial charge in [0.05, 0.1) is 0 Å². The van der Waals surface area contributed by atoms with Crippen molar-refractivity contribution in [2.75, 3.05) is 19.8 Å². The number of hydrogen-bond acceptors (Lipinski definition) is 4. The number of guanidine groups is 1. The Kier molecular flexibility index (Phi) is 7.07. The van der Waals surface area contributed by atoms with Gasteiger partial charge in [0.25, 0.3) is 0 Å². The van der Waals surface area contributed by atoms with Gasteiger partial charge in [0.2, 0.25) is 0 Å². The van der Waals surface area contributed by atoms with Crippen LogP contribution in [0.25, 0.3) is 0 Å². The highest BCUT2D eigenvalue weighted by atomic mass is 127. The molecule has 1 saturated heterocycles. The van der Waals surface area contributed by atoms with Crippen LogP contribution in [0.4, 0.5) is 0 Å². The molecule has 7 nitrogen and oxygen atoms in total. The lowest BCUT2D eigenvalue weighted by atomic mass is 10.0. The molecule has 0 radical (unpaired) electrons. The van der Waals surface area contributed by atoms with E-state index in [4.69, 9.17) is 4.74 Å². The van der Waals surface area contributed by atoms with Crippen LogP contribution in [0.2, 0.25) is 0 Å². The standard InChI is InChI=1S/C15H26N6O.HI/c1-11-19-20-14(21(11)2)10-17-15(18-13-3-4-13)16-9-12-5-7-22-8-6-12;/h12-13H,3-10H2,1-2H3,(H2,16,17,18);1H. The maximum Gasteiger partial charge on any atom is 0.191 e. The third-order valence-electron chi connectivity index (χ3n) is 4.38. The van der Waals surface area contributed by atoms with E-state index in [1.165, 1.54) is 12.8 Å². The van der Waals surface area contributed by atoms with Crippen molar-refractivity contribution in [2.45, 2.75) is 45.2 Å². The minimum atomic E-state index is 0. The highest BCUT2D eigenvalue weighted by Gasteiger charge is 2.23. The van der Waals surface area contributed by atoms with Gasteiger partial charge in [0.15, 0.2) is 11.8 Å². The number of aryl methyl sites for hydroxylation is 1. The Balaban J connectivity index is 0.00000192. The summed E-state index contributed by atoms with van der Waals surface area (Å²) in [6.07, 6.45) is 4.74. The third kappa shape index (κ3) is 5.59. The van der Waals surface area contributed by atoms with E-state index < -0.39 is 0 Å². The second kappa shape index (κ2) is 8.81. The van der Waals surface area contributed by atoms with Gasteiger partial charge in [-0.05, 0) is 38.5 Å². The summed E-state index contributed by atoms with van der Waals surface area (Å²) in [5.41, 5.74) is 0. The number of rotatable bonds is 5. The largest absolute Gasteiger partial charge is 0.381 e. The zero-order valence-corrected chi connectivity index (χ0v) is 16.2. The van der Waals surface area contributed by atoms with Crippen LogP contribution in [-0.4, -0.2) is 46.5 Å². The van der Waals surface area contributed by atoms with Crippen molar-refractivity contribution in [1.82, 2.24) is 25.4 Å². The normalized spacial score (nSPS) is 19.3. The zero-order valence-electron chi connectivity index (χ0n) is 13.9. The van der Waals surface area contributed by atoms with Crippen molar-refractivity contribution < 1.29 is 4.74 Å². The van der Waals surface area contributed by atoms with Crippen molar-refractivity contribution in [3.63, 3.8) is 0 Å². The van der Waals surface area contributed by atoms with Gasteiger partial charge in [-0.2, -0.15) is 0 Å². The second-order valence-corrected chi connectivity index (χ2v) is 6.24. The van der Waals surface area contributed by atoms with Gasteiger partial charge in [-0.1, -0.05) is 0 Å². The molecule has 0 spiro atoms. The second-order valence-electron chi connectivity index (χ2n) is 6.24. The van der Waals surface area contributed by atoms with Gasteiger partial charge in [0.1, 0.15) is 12.4 Å². The van der Waals surface area contributed by atoms with E-state index in [1.807, 2.05) is 18.5 Å². The van der Waals surface area contributed by atoms with E-state index in [2.05, 4.69) is 25.8 Å². The summed E-state index contributed by atoms with van der Waals surface area (Å²) in [6.45, 7) is 5.22. The monoisotopic (exact) mass is 434 g/mol. The summed E-state index contributed by atoms with van der Waals surface area (Å²) in [7, 11) is 1.98. The average Bonchev–Trinajstić information content (AvgIpc) is 3.30. The molecule has 0 amide bonds. The van der Waals surface area contributed by atoms with Crippen LogP contribution in [-0.2, 0) is 18.3 Å². The zero-order chi connectivity index (χ0) is 15.4. The lowest BCUT2D eigenvalue weighted by molar-refractivity contribution is 0.0675. The van der Waals surface area contributed by atoms with E-state index in [-0.39, 0.29) is 24.0 Å². The number of ether oxygens (including phenoxy) is 1. The van der Waals surface area contributed by atoms with Gasteiger partial charge in [0, 0.05) is 32.8 Å². The molecule has 0 aromatic carbocycles. The van der Waals surface area contributed by atoms with Crippen molar-refractivity contribution >= 4 is 29.9 Å². The summed E-state index contributed by atoms with van der Waals surface area (Å²) in [5.74, 6) is 3.38. The maximum atomic E-state index is 5.41. The molecule has 8 heteroatoms. The fourth-order valence-corrected chi connectivity index (χ4v) is 2.50. The van der Waals surface area contributed by atoms with Crippen molar-refractivity contribution in [1.29, 1.82) is 0 Å². The van der Waals surface area contributed by atoms with Crippen molar-refractivity contribution in [3.05, 3.63) is 11.6 Å². The number of halogens is 1. The number of aliphatic imine (C=N–C) groups is 1. The molecule has 1 aliphatic heterocycles. The molecule has 3 rings (SSSR count). The summed E-state index contributed by atoms with van der Waals surface area (Å²) < 4.78 is 7.39. The van der Waals surface area contributed by atoms with Gasteiger partial charge in [-0.25, -0.2) is 4.99 Å². The molecular formula is C15H27IN6O. The fourth-order valence-electron chi connectivity index (χ4n) is 2.50. The first kappa shape index (κ1) is 18.4. The quantitative estimate of drug-likeness (QED) is 0.416. The predicted molar refractivity (Wildman–Crippen MR) is 100.0 cm³/mol. The Hall–Kier alpha value is -0.900. The Bertz CT molecular complexity index is 522. The van der Waals surface area contributed by atoms with Gasteiger partial charge in [-0.15, -0.1) is 34.2 Å². The first-order valence-corrected chi connectivity index (χ1v) is 8.20. The number of nitrogens with zero attached hydrogens (tertiary/aromatic N) is 4. The molecule has 0 atom stereocenters. The van der Waals surface area contributed by atoms with Crippen LogP contribution in [0.3, 0.4) is 0 Å². The van der Waals surface area contributed by atoms with E-state index in [9.17, 15) is 0 Å². The smallest absolute Gasteiger partial charge is 0.191 e. The minimum Gasteiger partial charge on any atom is -0.381 e. The summed E-state index contributed by atoms with van der Waals surface area (Å²) in [4.78, 5) is 4.67. The third-order valence-corrected chi connectivity index (χ3v) is 4.38. The van der Waals surface area contributed by atoms with Crippen LogP contribution >= 0.6 is 24.0 Å². The van der Waals surface area contributed by atoms with E-state index in [0.717, 1.165) is 50.2 Å². The maximum absolute atomic E-state index is 5.41. The molecule has 1 aromatic rings. The molecule has 0 unspecified atom stereocenters. The van der Waals surface area contributed by atoms with E-state index in [1.54, 1.807) is 0 Å². The summed E-state index contributed by atoms with van der Waals surface area (Å²) in [6, 6.07) is 0.585. The lowest BCUT2D eigenvalue weighted by Crippen LogP contribution is -2.41. The van der Waals surface area contributed by atoms with Crippen LogP contribution in [0.5, 0.6) is 0 Å². The van der Waals surface area contributed by atoms with Crippen LogP contribution in [0.15, 0.2) is 4.99 Å². The topological polar surface area (TPSA) is 76.4 Å². The number of hydrogen-bond donors (Lipinski definition) is 2. The lowest BCUT2D eigenvalue weighted by Gasteiger charge is -2.23. The minimum absolute atomic E-state index is 0. The molecule has 23 heavy (non-hydrogen) atoms. The molecule has 1 saturated carbocycles. The van der Waals surface area contributed by atoms with Crippen molar-refractivity contribution in [2.24, 2.45) is 18.0 Å². The van der Waals surface area contributed by atoms with Gasteiger partial charge in [-0.3, -0.25) is 0 Å². The molecule has 130 valence electrons. The molecule has 1 aromatic heterocycles. The number of aromatic nitrogens is 3. The molecule has 2 N–H and O–H groups in total. The van der Waals surface area contributed by atoms with Gasteiger partial charge < -0.3 is 19.9 Å². The van der Waals surface area contributed by atoms with Gasteiger partial charge >= 0.3 is 0 Å². The number of nitrogens with one attached hydrogen (secondary N) is 2. The molecule has 2 aliphatic rings. The molecule has 2 fully saturated rings. The average molecular weight is 434 g/mol. The molecular weight excluding hydrogens is 407 g/mol. The molecule has 1 aliphatic carbocycles. The Morgan fingerprint density at radius 1 is 1.26 bits per heavy atom.